The highest BCUT2D eigenvalue weighted by atomic mass is 16.5. The maximum absolute atomic E-state index is 5.63. The summed E-state index contributed by atoms with van der Waals surface area (Å²) in [6, 6.07) is 10.5. The molecule has 2 atom stereocenters. The molecule has 3 heteroatoms. The number of hydrogen-bond donors (Lipinski definition) is 2. The lowest BCUT2D eigenvalue weighted by Crippen LogP contribution is -2.40. The summed E-state index contributed by atoms with van der Waals surface area (Å²) in [6.45, 7) is 0. The molecule has 0 heterocycles. The van der Waals surface area contributed by atoms with Gasteiger partial charge in [0.1, 0.15) is 0 Å². The molecule has 3 N–H and O–H groups in total. The number of hydrazine groups is 1. The highest BCUT2D eigenvalue weighted by Crippen LogP contribution is 2.36. The molecule has 0 saturated heterocycles. The van der Waals surface area contributed by atoms with Gasteiger partial charge < -0.3 is 4.74 Å². The maximum atomic E-state index is 5.63. The predicted molar refractivity (Wildman–Crippen MR) is 64.6 cm³/mol. The summed E-state index contributed by atoms with van der Waals surface area (Å²) in [7, 11) is 1.74. The standard InChI is InChI=1S/C13H20N2O/c1-16-13(11-5-3-2-4-6-11)12(15-14)9-10-7-8-10/h2-6,10,12-13,15H,7-9,14H2,1H3. The molecule has 0 aromatic heterocycles. The van der Waals surface area contributed by atoms with Crippen LogP contribution in [0.5, 0.6) is 0 Å². The van der Waals surface area contributed by atoms with Crippen LogP contribution in [0.3, 0.4) is 0 Å². The summed E-state index contributed by atoms with van der Waals surface area (Å²) < 4.78 is 5.58. The monoisotopic (exact) mass is 220 g/mol. The van der Waals surface area contributed by atoms with Gasteiger partial charge in [0, 0.05) is 7.11 Å². The van der Waals surface area contributed by atoms with Gasteiger partial charge in [-0.05, 0) is 17.9 Å². The van der Waals surface area contributed by atoms with E-state index in [1.165, 1.54) is 18.4 Å². The summed E-state index contributed by atoms with van der Waals surface area (Å²) >= 11 is 0. The summed E-state index contributed by atoms with van der Waals surface area (Å²) in [5.41, 5.74) is 4.09. The SMILES string of the molecule is COC(c1ccccc1)C(CC1CC1)NN. The molecule has 16 heavy (non-hydrogen) atoms. The normalized spacial score (nSPS) is 19.4. The number of benzene rings is 1. The van der Waals surface area contributed by atoms with Crippen LogP contribution in [0.4, 0.5) is 0 Å². The molecule has 1 aromatic carbocycles. The van der Waals surface area contributed by atoms with Crippen molar-refractivity contribution in [2.24, 2.45) is 11.8 Å². The van der Waals surface area contributed by atoms with Gasteiger partial charge >= 0.3 is 0 Å². The number of nitrogens with one attached hydrogen (secondary N) is 1. The molecule has 2 rings (SSSR count). The Morgan fingerprint density at radius 3 is 2.56 bits per heavy atom. The van der Waals surface area contributed by atoms with Gasteiger partial charge in [-0.25, -0.2) is 0 Å². The molecule has 0 amide bonds. The molecule has 0 radical (unpaired) electrons. The first-order chi connectivity index (χ1) is 7.85. The Hall–Kier alpha value is -0.900. The Bertz CT molecular complexity index is 311. The molecule has 0 spiro atoms. The molecule has 2 unspecified atom stereocenters. The van der Waals surface area contributed by atoms with Crippen LogP contribution >= 0.6 is 0 Å². The number of ether oxygens (including phenoxy) is 1. The third-order valence-electron chi connectivity index (χ3n) is 3.25. The Labute approximate surface area is 97.0 Å². The first kappa shape index (κ1) is 11.6. The van der Waals surface area contributed by atoms with Crippen molar-refractivity contribution in [2.75, 3.05) is 7.11 Å². The van der Waals surface area contributed by atoms with Gasteiger partial charge in [-0.3, -0.25) is 11.3 Å². The van der Waals surface area contributed by atoms with E-state index in [-0.39, 0.29) is 12.1 Å². The Morgan fingerprint density at radius 2 is 2.06 bits per heavy atom. The smallest absolute Gasteiger partial charge is 0.0987 e. The minimum absolute atomic E-state index is 0.0480. The first-order valence-corrected chi connectivity index (χ1v) is 5.89. The van der Waals surface area contributed by atoms with E-state index in [2.05, 4.69) is 17.6 Å². The lowest BCUT2D eigenvalue weighted by atomic mass is 9.98. The van der Waals surface area contributed by atoms with Crippen LogP contribution in [0.2, 0.25) is 0 Å². The van der Waals surface area contributed by atoms with Crippen molar-refractivity contribution in [3.05, 3.63) is 35.9 Å². The largest absolute Gasteiger partial charge is 0.375 e. The second-order valence-electron chi connectivity index (χ2n) is 4.52. The van der Waals surface area contributed by atoms with Gasteiger partial charge in [-0.1, -0.05) is 43.2 Å². The molecule has 1 fully saturated rings. The van der Waals surface area contributed by atoms with Crippen LogP contribution in [0.15, 0.2) is 30.3 Å². The number of nitrogens with two attached hydrogens (primary N) is 1. The van der Waals surface area contributed by atoms with Crippen molar-refractivity contribution >= 4 is 0 Å². The van der Waals surface area contributed by atoms with Gasteiger partial charge in [0.2, 0.25) is 0 Å². The summed E-state index contributed by atoms with van der Waals surface area (Å²) in [4.78, 5) is 0. The van der Waals surface area contributed by atoms with E-state index in [0.717, 1.165) is 12.3 Å². The van der Waals surface area contributed by atoms with E-state index in [1.54, 1.807) is 7.11 Å². The average molecular weight is 220 g/mol. The fraction of sp³-hybridized carbons (Fsp3) is 0.538. The van der Waals surface area contributed by atoms with Crippen LogP contribution in [0.1, 0.15) is 30.9 Å². The number of hydrogen-bond acceptors (Lipinski definition) is 3. The average Bonchev–Trinajstić information content (AvgIpc) is 3.14. The lowest BCUT2D eigenvalue weighted by Gasteiger charge is -2.25. The van der Waals surface area contributed by atoms with E-state index in [9.17, 15) is 0 Å². The first-order valence-electron chi connectivity index (χ1n) is 5.89. The predicted octanol–water partition coefficient (Wildman–Crippen LogP) is 2.01. The van der Waals surface area contributed by atoms with Crippen molar-refractivity contribution in [3.8, 4) is 0 Å². The van der Waals surface area contributed by atoms with E-state index in [1.807, 2.05) is 18.2 Å². The van der Waals surface area contributed by atoms with Crippen LogP contribution in [0, 0.1) is 5.92 Å². The van der Waals surface area contributed by atoms with Gasteiger partial charge in [0.25, 0.3) is 0 Å². The third-order valence-corrected chi connectivity index (χ3v) is 3.25. The maximum Gasteiger partial charge on any atom is 0.0987 e. The number of rotatable bonds is 6. The lowest BCUT2D eigenvalue weighted by molar-refractivity contribution is 0.0630. The van der Waals surface area contributed by atoms with Crippen molar-refractivity contribution < 1.29 is 4.74 Å². The van der Waals surface area contributed by atoms with Gasteiger partial charge in [0.05, 0.1) is 12.1 Å². The van der Waals surface area contributed by atoms with Crippen molar-refractivity contribution in [1.29, 1.82) is 0 Å². The Balaban J connectivity index is 2.06. The second-order valence-corrected chi connectivity index (χ2v) is 4.52. The van der Waals surface area contributed by atoms with Crippen LogP contribution in [-0.4, -0.2) is 13.2 Å². The molecule has 1 aromatic rings. The van der Waals surface area contributed by atoms with Gasteiger partial charge in [-0.15, -0.1) is 0 Å². The number of methoxy groups -OCH3 is 1. The Morgan fingerprint density at radius 1 is 1.38 bits per heavy atom. The highest BCUT2D eigenvalue weighted by Gasteiger charge is 2.30. The zero-order chi connectivity index (χ0) is 11.4. The minimum Gasteiger partial charge on any atom is -0.375 e. The van der Waals surface area contributed by atoms with Gasteiger partial charge in [0.15, 0.2) is 0 Å². The molecular weight excluding hydrogens is 200 g/mol. The van der Waals surface area contributed by atoms with Crippen molar-refractivity contribution in [2.45, 2.75) is 31.4 Å². The molecule has 0 bridgehead atoms. The fourth-order valence-corrected chi connectivity index (χ4v) is 2.17. The van der Waals surface area contributed by atoms with Crippen LogP contribution < -0.4 is 11.3 Å². The Kier molecular flexibility index (Phi) is 3.93. The zero-order valence-electron chi connectivity index (χ0n) is 9.73. The molecule has 1 saturated carbocycles. The quantitative estimate of drug-likeness (QED) is 0.569. The second kappa shape index (κ2) is 5.43. The third kappa shape index (κ3) is 2.82. The summed E-state index contributed by atoms with van der Waals surface area (Å²) in [6.07, 6.45) is 3.82. The minimum atomic E-state index is 0.0480. The molecule has 1 aliphatic rings. The fourth-order valence-electron chi connectivity index (χ4n) is 2.17. The highest BCUT2D eigenvalue weighted by molar-refractivity contribution is 5.19. The molecule has 88 valence electrons. The topological polar surface area (TPSA) is 47.3 Å². The van der Waals surface area contributed by atoms with Crippen LogP contribution in [0.25, 0.3) is 0 Å². The molecular formula is C13H20N2O. The summed E-state index contributed by atoms with van der Waals surface area (Å²) in [5.74, 6) is 6.47. The molecule has 0 aliphatic heterocycles. The van der Waals surface area contributed by atoms with E-state index in [0.29, 0.717) is 0 Å². The van der Waals surface area contributed by atoms with E-state index in [4.69, 9.17) is 10.6 Å². The van der Waals surface area contributed by atoms with Crippen molar-refractivity contribution in [1.82, 2.24) is 5.43 Å². The molecule has 3 nitrogen and oxygen atoms in total. The molecule has 1 aliphatic carbocycles. The summed E-state index contributed by atoms with van der Waals surface area (Å²) in [5, 5.41) is 0. The zero-order valence-corrected chi connectivity index (χ0v) is 9.73. The van der Waals surface area contributed by atoms with Gasteiger partial charge in [-0.2, -0.15) is 0 Å². The van der Waals surface area contributed by atoms with E-state index < -0.39 is 0 Å². The van der Waals surface area contributed by atoms with Crippen molar-refractivity contribution in [3.63, 3.8) is 0 Å². The van der Waals surface area contributed by atoms with E-state index >= 15 is 0 Å². The van der Waals surface area contributed by atoms with Crippen LogP contribution in [-0.2, 0) is 4.74 Å².